The monoisotopic (exact) mass is 326 g/mol. The molecule has 5 heteroatoms. The lowest BCUT2D eigenvalue weighted by molar-refractivity contribution is -0.254. The van der Waals surface area contributed by atoms with E-state index in [9.17, 15) is 14.7 Å². The maximum Gasteiger partial charge on any atom is 0.262 e. The van der Waals surface area contributed by atoms with Gasteiger partial charge in [-0.05, 0) is 30.0 Å². The van der Waals surface area contributed by atoms with E-state index in [1.54, 1.807) is 12.1 Å². The van der Waals surface area contributed by atoms with Crippen LogP contribution in [0.1, 0.15) is 42.1 Å². The average molecular weight is 326 g/mol. The van der Waals surface area contributed by atoms with E-state index < -0.39 is 11.9 Å². The van der Waals surface area contributed by atoms with Crippen LogP contribution in [0, 0.1) is 0 Å². The Morgan fingerprint density at radius 2 is 1.79 bits per heavy atom. The van der Waals surface area contributed by atoms with Crippen molar-refractivity contribution in [3.05, 3.63) is 59.7 Å². The molecule has 0 aliphatic carbocycles. The van der Waals surface area contributed by atoms with Crippen molar-refractivity contribution in [2.75, 3.05) is 11.9 Å². The number of carbonyl (C=O) groups excluding carboxylic acids is 2. The summed E-state index contributed by atoms with van der Waals surface area (Å²) < 4.78 is 5.62. The number of ether oxygens (including phenoxy) is 1. The Hall–Kier alpha value is -2.82. The van der Waals surface area contributed by atoms with Gasteiger partial charge in [0.25, 0.3) is 5.91 Å². The zero-order valence-corrected chi connectivity index (χ0v) is 13.7. The van der Waals surface area contributed by atoms with Crippen LogP contribution in [-0.2, 0) is 4.79 Å². The van der Waals surface area contributed by atoms with Crippen molar-refractivity contribution < 1.29 is 19.4 Å². The van der Waals surface area contributed by atoms with E-state index in [1.165, 1.54) is 12.1 Å². The molecule has 1 N–H and O–H groups in total. The number of benzene rings is 2. The molecule has 0 fully saturated rings. The first kappa shape index (κ1) is 17.5. The molecule has 5 nitrogen and oxygen atoms in total. The maximum absolute atomic E-state index is 12.1. The summed E-state index contributed by atoms with van der Waals surface area (Å²) >= 11 is 0. The van der Waals surface area contributed by atoms with Crippen LogP contribution in [0.3, 0.4) is 0 Å². The highest BCUT2D eigenvalue weighted by molar-refractivity contribution is 6.00. The van der Waals surface area contributed by atoms with Crippen LogP contribution in [-0.4, -0.2) is 18.5 Å². The fourth-order valence-corrected chi connectivity index (χ4v) is 2.34. The van der Waals surface area contributed by atoms with Gasteiger partial charge < -0.3 is 20.0 Å². The van der Waals surface area contributed by atoms with Gasteiger partial charge >= 0.3 is 0 Å². The maximum atomic E-state index is 12.1. The summed E-state index contributed by atoms with van der Waals surface area (Å²) in [4.78, 5) is 23.1. The highest BCUT2D eigenvalue weighted by atomic mass is 16.5. The molecule has 0 aromatic heterocycles. The van der Waals surface area contributed by atoms with Crippen LogP contribution < -0.4 is 15.2 Å². The van der Waals surface area contributed by atoms with E-state index in [0.29, 0.717) is 11.7 Å². The van der Waals surface area contributed by atoms with E-state index in [-0.39, 0.29) is 17.9 Å². The Labute approximate surface area is 141 Å². The quantitative estimate of drug-likeness (QED) is 0.848. The second-order valence-electron chi connectivity index (χ2n) is 5.52. The summed E-state index contributed by atoms with van der Waals surface area (Å²) in [5.41, 5.74) is 1.18. The third-order valence-electron chi connectivity index (χ3n) is 3.84. The van der Waals surface area contributed by atoms with Gasteiger partial charge in [-0.1, -0.05) is 50.2 Å². The molecular weight excluding hydrogens is 306 g/mol. The second kappa shape index (κ2) is 8.15. The van der Waals surface area contributed by atoms with E-state index in [0.717, 1.165) is 12.0 Å². The average Bonchev–Trinajstić information content (AvgIpc) is 2.59. The third kappa shape index (κ3) is 4.35. The van der Waals surface area contributed by atoms with Gasteiger partial charge in [-0.25, -0.2) is 0 Å². The Morgan fingerprint density at radius 3 is 2.50 bits per heavy atom. The third-order valence-corrected chi connectivity index (χ3v) is 3.84. The Balaban J connectivity index is 2.04. The minimum atomic E-state index is -1.34. The fourth-order valence-electron chi connectivity index (χ4n) is 2.34. The van der Waals surface area contributed by atoms with E-state index in [1.807, 2.05) is 24.3 Å². The van der Waals surface area contributed by atoms with Crippen molar-refractivity contribution in [1.82, 2.24) is 0 Å². The Bertz CT molecular complexity index is 727. The fraction of sp³-hybridized carbons (Fsp3) is 0.263. The number of rotatable bonds is 7. The van der Waals surface area contributed by atoms with Crippen LogP contribution in [0.25, 0.3) is 0 Å². The summed E-state index contributed by atoms with van der Waals surface area (Å²) in [5.74, 6) is -0.783. The molecule has 0 bridgehead atoms. The van der Waals surface area contributed by atoms with Crippen LogP contribution >= 0.6 is 0 Å². The van der Waals surface area contributed by atoms with Crippen LogP contribution in [0.2, 0.25) is 0 Å². The molecule has 0 heterocycles. The summed E-state index contributed by atoms with van der Waals surface area (Å²) in [7, 11) is 0. The van der Waals surface area contributed by atoms with Crippen molar-refractivity contribution in [3.8, 4) is 5.75 Å². The molecule has 24 heavy (non-hydrogen) atoms. The van der Waals surface area contributed by atoms with Gasteiger partial charge in [-0.2, -0.15) is 0 Å². The number of para-hydroxylation sites is 2. The molecular formula is C19H20NO4-. The van der Waals surface area contributed by atoms with Gasteiger partial charge in [0, 0.05) is 11.3 Å². The summed E-state index contributed by atoms with van der Waals surface area (Å²) in [6.07, 6.45) is 0.964. The van der Waals surface area contributed by atoms with Gasteiger partial charge in [-0.3, -0.25) is 4.79 Å². The highest BCUT2D eigenvalue weighted by Gasteiger charge is 2.12. The van der Waals surface area contributed by atoms with Crippen molar-refractivity contribution in [1.29, 1.82) is 0 Å². The standard InChI is InChI=1S/C19H21NO4/c1-3-13(2)14-8-5-7-11-17(14)24-12-18(21)20-16-10-6-4-9-15(16)19(22)23/h4-11,13H,3,12H2,1-2H3,(H,20,21)(H,22,23)/p-1/t13-/m1/s1. The molecule has 0 unspecified atom stereocenters. The van der Waals surface area contributed by atoms with Crippen molar-refractivity contribution in [2.45, 2.75) is 26.2 Å². The van der Waals surface area contributed by atoms with Crippen molar-refractivity contribution in [3.63, 3.8) is 0 Å². The van der Waals surface area contributed by atoms with E-state index in [2.05, 4.69) is 19.2 Å². The number of amides is 1. The first-order chi connectivity index (χ1) is 11.5. The number of aromatic carboxylic acids is 1. The van der Waals surface area contributed by atoms with Gasteiger partial charge in [0.1, 0.15) is 5.75 Å². The predicted molar refractivity (Wildman–Crippen MR) is 90.0 cm³/mol. The Morgan fingerprint density at radius 1 is 1.12 bits per heavy atom. The smallest absolute Gasteiger partial charge is 0.262 e. The van der Waals surface area contributed by atoms with Crippen LogP contribution in [0.5, 0.6) is 5.75 Å². The molecule has 2 aromatic rings. The summed E-state index contributed by atoms with van der Waals surface area (Å²) in [6.45, 7) is 3.98. The molecule has 1 atom stereocenters. The van der Waals surface area contributed by atoms with Crippen LogP contribution in [0.4, 0.5) is 5.69 Å². The Kier molecular flexibility index (Phi) is 5.95. The number of hydrogen-bond donors (Lipinski definition) is 1. The first-order valence-corrected chi connectivity index (χ1v) is 7.84. The molecule has 0 aliphatic rings. The number of nitrogens with one attached hydrogen (secondary N) is 1. The first-order valence-electron chi connectivity index (χ1n) is 7.84. The highest BCUT2D eigenvalue weighted by Crippen LogP contribution is 2.28. The SMILES string of the molecule is CC[C@@H](C)c1ccccc1OCC(=O)Nc1ccccc1C(=O)[O-]. The zero-order valence-electron chi connectivity index (χ0n) is 13.7. The lowest BCUT2D eigenvalue weighted by Crippen LogP contribution is -2.26. The number of hydrogen-bond acceptors (Lipinski definition) is 4. The lowest BCUT2D eigenvalue weighted by atomic mass is 9.98. The molecule has 126 valence electrons. The van der Waals surface area contributed by atoms with E-state index >= 15 is 0 Å². The molecule has 0 saturated carbocycles. The van der Waals surface area contributed by atoms with Crippen molar-refractivity contribution >= 4 is 17.6 Å². The molecule has 0 radical (unpaired) electrons. The van der Waals surface area contributed by atoms with Gasteiger partial charge in [-0.15, -0.1) is 0 Å². The molecule has 2 aromatic carbocycles. The van der Waals surface area contributed by atoms with Gasteiger partial charge in [0.05, 0.1) is 5.97 Å². The molecule has 2 rings (SSSR count). The van der Waals surface area contributed by atoms with Crippen molar-refractivity contribution in [2.24, 2.45) is 0 Å². The summed E-state index contributed by atoms with van der Waals surface area (Å²) in [6, 6.07) is 13.7. The molecule has 1 amide bonds. The summed E-state index contributed by atoms with van der Waals surface area (Å²) in [5, 5.41) is 13.6. The minimum Gasteiger partial charge on any atom is -0.545 e. The van der Waals surface area contributed by atoms with Gasteiger partial charge in [0.2, 0.25) is 0 Å². The largest absolute Gasteiger partial charge is 0.545 e. The van der Waals surface area contributed by atoms with Gasteiger partial charge in [0.15, 0.2) is 6.61 Å². The normalized spacial score (nSPS) is 11.6. The topological polar surface area (TPSA) is 78.5 Å². The second-order valence-corrected chi connectivity index (χ2v) is 5.52. The molecule has 0 aliphatic heterocycles. The number of carboxylic acids is 1. The van der Waals surface area contributed by atoms with E-state index in [4.69, 9.17) is 4.74 Å². The molecule has 0 spiro atoms. The number of carboxylic acid groups (broad SMARTS) is 1. The number of carbonyl (C=O) groups is 2. The molecule has 0 saturated heterocycles. The lowest BCUT2D eigenvalue weighted by Gasteiger charge is -2.16. The number of anilines is 1. The minimum absolute atomic E-state index is 0.0640. The van der Waals surface area contributed by atoms with Crippen LogP contribution in [0.15, 0.2) is 48.5 Å². The zero-order chi connectivity index (χ0) is 17.5. The predicted octanol–water partition coefficient (Wildman–Crippen LogP) is 2.58.